The molecule has 1 aliphatic rings. The minimum Gasteiger partial charge on any atom is -0.497 e. The zero-order chi connectivity index (χ0) is 17.0. The van der Waals surface area contributed by atoms with Gasteiger partial charge in [0.1, 0.15) is 18.1 Å². The van der Waals surface area contributed by atoms with Crippen molar-refractivity contribution in [3.63, 3.8) is 0 Å². The average Bonchev–Trinajstić information content (AvgIpc) is 2.52. The third-order valence-electron chi connectivity index (χ3n) is 4.24. The third kappa shape index (κ3) is 4.20. The molecule has 1 aliphatic heterocycles. The van der Waals surface area contributed by atoms with Crippen LogP contribution in [0.15, 0.2) is 18.2 Å². The van der Waals surface area contributed by atoms with Gasteiger partial charge >= 0.3 is 0 Å². The second-order valence-electron chi connectivity index (χ2n) is 6.50. The van der Waals surface area contributed by atoms with Crippen molar-refractivity contribution in [1.29, 1.82) is 0 Å². The van der Waals surface area contributed by atoms with E-state index in [0.717, 1.165) is 0 Å². The van der Waals surface area contributed by atoms with E-state index in [2.05, 4.69) is 0 Å². The Balaban J connectivity index is 2.12. The van der Waals surface area contributed by atoms with Gasteiger partial charge in [-0.05, 0) is 44.9 Å². The van der Waals surface area contributed by atoms with Gasteiger partial charge in [-0.2, -0.15) is 0 Å². The maximum atomic E-state index is 14.0. The molecule has 2 rings (SSSR count). The molecule has 5 nitrogen and oxygen atoms in total. The first-order valence-electron chi connectivity index (χ1n) is 8.03. The summed E-state index contributed by atoms with van der Waals surface area (Å²) in [5.41, 5.74) is -0.965. The second kappa shape index (κ2) is 7.27. The maximum Gasteiger partial charge on any atom is 0.260 e. The van der Waals surface area contributed by atoms with Crippen molar-refractivity contribution in [2.45, 2.75) is 44.9 Å². The van der Waals surface area contributed by atoms with E-state index < -0.39 is 5.60 Å². The summed E-state index contributed by atoms with van der Waals surface area (Å²) in [6.07, 6.45) is 1.16. The molecule has 128 valence electrons. The number of carbonyl (C=O) groups is 1. The predicted octanol–water partition coefficient (Wildman–Crippen LogP) is 0.660. The topological polar surface area (TPSA) is 66.4 Å². The predicted molar refractivity (Wildman–Crippen MR) is 84.5 cm³/mol. The smallest absolute Gasteiger partial charge is 0.260 e. The van der Waals surface area contributed by atoms with Gasteiger partial charge in [-0.15, -0.1) is 0 Å². The van der Waals surface area contributed by atoms with E-state index in [9.17, 15) is 14.3 Å². The molecule has 0 spiro atoms. The number of likely N-dealkylation sites (tertiary alicyclic amines) is 1. The minimum atomic E-state index is -1.36. The lowest BCUT2D eigenvalue weighted by Gasteiger charge is -2.37. The van der Waals surface area contributed by atoms with Crippen molar-refractivity contribution in [2.24, 2.45) is 0 Å². The van der Waals surface area contributed by atoms with Crippen molar-refractivity contribution in [1.82, 2.24) is 4.90 Å². The van der Waals surface area contributed by atoms with E-state index in [4.69, 9.17) is 4.74 Å². The average molecular weight is 325 g/mol. The van der Waals surface area contributed by atoms with Crippen LogP contribution >= 0.6 is 0 Å². The number of hydrogen-bond donors (Lipinski definition) is 2. The molecule has 1 saturated heterocycles. The first kappa shape index (κ1) is 17.7. The minimum absolute atomic E-state index is 0.145. The number of rotatable bonds is 6. The largest absolute Gasteiger partial charge is 0.497 e. The fourth-order valence-electron chi connectivity index (χ4n) is 2.84. The number of aliphatic hydroxyl groups is 1. The summed E-state index contributed by atoms with van der Waals surface area (Å²) in [6.45, 7) is 5.03. The Hall–Kier alpha value is -1.66. The molecule has 0 aliphatic carbocycles. The summed E-state index contributed by atoms with van der Waals surface area (Å²) >= 11 is 0. The Bertz CT molecular complexity index is 565. The molecule has 0 saturated carbocycles. The fourth-order valence-corrected chi connectivity index (χ4v) is 2.84. The number of benzene rings is 1. The summed E-state index contributed by atoms with van der Waals surface area (Å²) in [7, 11) is 1.52. The highest BCUT2D eigenvalue weighted by atomic mass is 19.1. The molecule has 0 unspecified atom stereocenters. The second-order valence-corrected chi connectivity index (χ2v) is 6.50. The van der Waals surface area contributed by atoms with E-state index in [1.54, 1.807) is 12.1 Å². The zero-order valence-electron chi connectivity index (χ0n) is 14.0. The fraction of sp³-hybridized carbons (Fsp3) is 0.588. The molecule has 0 bridgehead atoms. The molecule has 1 atom stereocenters. The molecule has 6 heteroatoms. The summed E-state index contributed by atoms with van der Waals surface area (Å²) in [5.74, 6) is -0.140. The van der Waals surface area contributed by atoms with Gasteiger partial charge in [0, 0.05) is 18.7 Å². The van der Waals surface area contributed by atoms with Gasteiger partial charge in [0.25, 0.3) is 5.91 Å². The van der Waals surface area contributed by atoms with Crippen molar-refractivity contribution >= 4 is 5.91 Å². The first-order valence-corrected chi connectivity index (χ1v) is 8.03. The van der Waals surface area contributed by atoms with Crippen LogP contribution in [0.3, 0.4) is 0 Å². The van der Waals surface area contributed by atoms with Crippen LogP contribution in [0.2, 0.25) is 0 Å². The number of methoxy groups -OCH3 is 1. The molecule has 1 fully saturated rings. The molecular weight excluding hydrogens is 299 g/mol. The molecule has 1 heterocycles. The molecule has 1 aromatic rings. The van der Waals surface area contributed by atoms with Crippen LogP contribution in [0.1, 0.15) is 32.3 Å². The maximum absolute atomic E-state index is 14.0. The van der Waals surface area contributed by atoms with Gasteiger partial charge in [-0.1, -0.05) is 0 Å². The Labute approximate surface area is 136 Å². The van der Waals surface area contributed by atoms with Gasteiger partial charge in [-0.25, -0.2) is 4.39 Å². The van der Waals surface area contributed by atoms with Crippen LogP contribution in [0, 0.1) is 5.82 Å². The van der Waals surface area contributed by atoms with Crippen molar-refractivity contribution < 1.29 is 24.3 Å². The summed E-state index contributed by atoms with van der Waals surface area (Å²) in [5, 5.41) is 12.6. The Kier molecular flexibility index (Phi) is 5.59. The Morgan fingerprint density at radius 2 is 2.22 bits per heavy atom. The molecule has 1 aromatic carbocycles. The van der Waals surface area contributed by atoms with Crippen LogP contribution in [-0.2, 0) is 11.3 Å². The van der Waals surface area contributed by atoms with E-state index in [-0.39, 0.29) is 18.3 Å². The number of hydrogen-bond acceptors (Lipinski definition) is 3. The lowest BCUT2D eigenvalue weighted by atomic mass is 9.91. The van der Waals surface area contributed by atoms with Crippen molar-refractivity contribution in [2.75, 3.05) is 20.2 Å². The molecular formula is C17H26FN2O3+. The van der Waals surface area contributed by atoms with E-state index in [1.807, 2.05) is 19.2 Å². The summed E-state index contributed by atoms with van der Waals surface area (Å²) < 4.78 is 19.1. The van der Waals surface area contributed by atoms with E-state index in [1.165, 1.54) is 18.1 Å². The highest BCUT2D eigenvalue weighted by Crippen LogP contribution is 2.25. The van der Waals surface area contributed by atoms with Crippen LogP contribution in [0.25, 0.3) is 0 Å². The van der Waals surface area contributed by atoms with Gasteiger partial charge < -0.3 is 20.1 Å². The molecule has 0 aromatic heterocycles. The zero-order valence-corrected chi connectivity index (χ0v) is 14.0. The number of halogens is 1. The van der Waals surface area contributed by atoms with E-state index >= 15 is 0 Å². The number of ether oxygens (including phenoxy) is 1. The van der Waals surface area contributed by atoms with Gasteiger partial charge in [0.15, 0.2) is 5.60 Å². The third-order valence-corrected chi connectivity index (χ3v) is 4.24. The first-order chi connectivity index (χ1) is 10.9. The van der Waals surface area contributed by atoms with Crippen LogP contribution < -0.4 is 10.1 Å². The SMILES string of the molecule is COc1ccc(F)c(CN2CCC[C@@](O)(C[NH2+]C(C)C)C2=O)c1. The number of carbonyl (C=O) groups excluding carboxylic acids is 1. The highest BCUT2D eigenvalue weighted by molar-refractivity contribution is 5.85. The normalized spacial score (nSPS) is 21.8. The highest BCUT2D eigenvalue weighted by Gasteiger charge is 2.44. The Morgan fingerprint density at radius 3 is 2.87 bits per heavy atom. The molecule has 1 amide bonds. The lowest BCUT2D eigenvalue weighted by molar-refractivity contribution is -0.692. The van der Waals surface area contributed by atoms with Gasteiger partial charge in [0.05, 0.1) is 13.2 Å². The van der Waals surface area contributed by atoms with Crippen LogP contribution in [0.5, 0.6) is 5.75 Å². The standard InChI is InChI=1S/C17H25FN2O3/c1-12(2)19-11-17(22)7-4-8-20(16(17)21)10-13-9-14(23-3)5-6-15(13)18/h5-6,9,12,19,22H,4,7-8,10-11H2,1-3H3/p+1/t17-/m1/s1. The summed E-state index contributed by atoms with van der Waals surface area (Å²) in [6, 6.07) is 4.78. The van der Waals surface area contributed by atoms with Crippen molar-refractivity contribution in [3.05, 3.63) is 29.6 Å². The number of nitrogens with zero attached hydrogens (tertiary/aromatic N) is 1. The quantitative estimate of drug-likeness (QED) is 0.807. The number of piperidine rings is 1. The van der Waals surface area contributed by atoms with Gasteiger partial charge in [0.2, 0.25) is 0 Å². The number of quaternary nitrogens is 1. The number of amides is 1. The van der Waals surface area contributed by atoms with Crippen LogP contribution in [0.4, 0.5) is 4.39 Å². The van der Waals surface area contributed by atoms with Gasteiger partial charge in [-0.3, -0.25) is 4.79 Å². The Morgan fingerprint density at radius 1 is 1.48 bits per heavy atom. The number of nitrogens with two attached hydrogens (primary N) is 1. The molecule has 0 radical (unpaired) electrons. The van der Waals surface area contributed by atoms with Crippen LogP contribution in [-0.4, -0.2) is 47.8 Å². The lowest BCUT2D eigenvalue weighted by Crippen LogP contribution is -2.93. The molecule has 23 heavy (non-hydrogen) atoms. The molecule has 3 N–H and O–H groups in total. The van der Waals surface area contributed by atoms with Crippen molar-refractivity contribution in [3.8, 4) is 5.75 Å². The monoisotopic (exact) mass is 325 g/mol. The van der Waals surface area contributed by atoms with E-state index in [0.29, 0.717) is 43.3 Å². The summed E-state index contributed by atoms with van der Waals surface area (Å²) in [4.78, 5) is 14.2.